The summed E-state index contributed by atoms with van der Waals surface area (Å²) in [4.78, 5) is 12.2. The van der Waals surface area contributed by atoms with E-state index in [1.807, 2.05) is 0 Å². The number of hydrogen-bond acceptors (Lipinski definition) is 3. The molecule has 6 heteroatoms. The van der Waals surface area contributed by atoms with Crippen molar-refractivity contribution in [2.45, 2.75) is 19.8 Å². The fourth-order valence-electron chi connectivity index (χ4n) is 2.47. The van der Waals surface area contributed by atoms with E-state index < -0.39 is 0 Å². The molecule has 1 aliphatic heterocycles. The number of piperidine rings is 1. The minimum absolute atomic E-state index is 0. The molecule has 21 heavy (non-hydrogen) atoms. The number of carbonyl (C=O) groups is 1. The normalized spacial score (nSPS) is 21.3. The zero-order chi connectivity index (χ0) is 14.6. The summed E-state index contributed by atoms with van der Waals surface area (Å²) in [6.45, 7) is 4.94. The number of rotatable bonds is 4. The minimum atomic E-state index is -0.0415. The predicted molar refractivity (Wildman–Crippen MR) is 90.5 cm³/mol. The van der Waals surface area contributed by atoms with Gasteiger partial charge in [0.15, 0.2) is 0 Å². The molecule has 1 aromatic carbocycles. The molecule has 0 aromatic heterocycles. The Hall–Kier alpha value is -0.780. The van der Waals surface area contributed by atoms with Gasteiger partial charge < -0.3 is 15.4 Å². The lowest BCUT2D eigenvalue weighted by atomic mass is 9.83. The van der Waals surface area contributed by atoms with Gasteiger partial charge in [0.05, 0.1) is 11.6 Å². The summed E-state index contributed by atoms with van der Waals surface area (Å²) in [6, 6.07) is 5.36. The Morgan fingerprint density at radius 1 is 1.52 bits per heavy atom. The van der Waals surface area contributed by atoms with Gasteiger partial charge in [-0.25, -0.2) is 0 Å². The van der Waals surface area contributed by atoms with Gasteiger partial charge in [-0.3, -0.25) is 4.79 Å². The molecular weight excluding hydrogens is 356 g/mol. The number of halogens is 2. The Balaban J connectivity index is 0.00000220. The standard InChI is InChI=1S/C15H21BrN2O2.ClH/c1-15(6-3-7-17-9-15)10-18-14(19)11-4-5-13(20-2)12(16)8-11;/h4-5,8,17H,3,6-7,9-10H2,1-2H3,(H,18,19);1H. The fourth-order valence-corrected chi connectivity index (χ4v) is 3.01. The number of carbonyl (C=O) groups excluding carboxylic acids is 1. The van der Waals surface area contributed by atoms with Gasteiger partial charge in [0.2, 0.25) is 0 Å². The van der Waals surface area contributed by atoms with Crippen LogP contribution in [0.2, 0.25) is 0 Å². The van der Waals surface area contributed by atoms with Crippen LogP contribution in [0.25, 0.3) is 0 Å². The number of methoxy groups -OCH3 is 1. The Morgan fingerprint density at radius 3 is 2.86 bits per heavy atom. The summed E-state index contributed by atoms with van der Waals surface area (Å²) in [6.07, 6.45) is 2.31. The van der Waals surface area contributed by atoms with Crippen LogP contribution in [0.1, 0.15) is 30.1 Å². The van der Waals surface area contributed by atoms with Crippen LogP contribution in [0, 0.1) is 5.41 Å². The van der Waals surface area contributed by atoms with Crippen molar-refractivity contribution >= 4 is 34.2 Å². The number of ether oxygens (including phenoxy) is 1. The van der Waals surface area contributed by atoms with Gasteiger partial charge in [0, 0.05) is 18.7 Å². The number of amides is 1. The van der Waals surface area contributed by atoms with Crippen molar-refractivity contribution in [1.29, 1.82) is 0 Å². The van der Waals surface area contributed by atoms with Gasteiger partial charge in [-0.05, 0) is 58.9 Å². The topological polar surface area (TPSA) is 50.4 Å². The summed E-state index contributed by atoms with van der Waals surface area (Å²) < 4.78 is 5.95. The van der Waals surface area contributed by atoms with Gasteiger partial charge >= 0.3 is 0 Å². The summed E-state index contributed by atoms with van der Waals surface area (Å²) >= 11 is 3.40. The maximum absolute atomic E-state index is 12.2. The summed E-state index contributed by atoms with van der Waals surface area (Å²) in [5.74, 6) is 0.685. The Labute approximate surface area is 140 Å². The average Bonchev–Trinajstić information content (AvgIpc) is 2.45. The van der Waals surface area contributed by atoms with Crippen LogP contribution in [0.3, 0.4) is 0 Å². The van der Waals surface area contributed by atoms with Crippen molar-refractivity contribution in [1.82, 2.24) is 10.6 Å². The number of hydrogen-bond donors (Lipinski definition) is 2. The first-order chi connectivity index (χ1) is 9.54. The monoisotopic (exact) mass is 376 g/mol. The Morgan fingerprint density at radius 2 is 2.29 bits per heavy atom. The van der Waals surface area contributed by atoms with Crippen LogP contribution < -0.4 is 15.4 Å². The van der Waals surface area contributed by atoms with E-state index in [4.69, 9.17) is 4.74 Å². The lowest BCUT2D eigenvalue weighted by molar-refractivity contribution is 0.0924. The molecule has 1 saturated heterocycles. The molecule has 1 fully saturated rings. The molecular formula is C15H22BrClN2O2. The van der Waals surface area contributed by atoms with E-state index in [-0.39, 0.29) is 23.7 Å². The van der Waals surface area contributed by atoms with Gasteiger partial charge in [0.1, 0.15) is 5.75 Å². The van der Waals surface area contributed by atoms with Crippen LogP contribution in [-0.4, -0.2) is 32.7 Å². The number of nitrogens with one attached hydrogen (secondary N) is 2. The molecule has 2 N–H and O–H groups in total. The second kappa shape index (κ2) is 8.01. The summed E-state index contributed by atoms with van der Waals surface area (Å²) in [5.41, 5.74) is 0.794. The Bertz CT molecular complexity index is 491. The lowest BCUT2D eigenvalue weighted by Crippen LogP contribution is -2.45. The van der Waals surface area contributed by atoms with Gasteiger partial charge in [-0.15, -0.1) is 12.4 Å². The van der Waals surface area contributed by atoms with E-state index in [1.165, 1.54) is 6.42 Å². The summed E-state index contributed by atoms with van der Waals surface area (Å²) in [5, 5.41) is 6.42. The molecule has 1 aromatic rings. The summed E-state index contributed by atoms with van der Waals surface area (Å²) in [7, 11) is 1.61. The first-order valence-corrected chi connectivity index (χ1v) is 7.66. The largest absolute Gasteiger partial charge is 0.496 e. The maximum Gasteiger partial charge on any atom is 0.251 e. The van der Waals surface area contributed by atoms with Crippen LogP contribution in [0.15, 0.2) is 22.7 Å². The maximum atomic E-state index is 12.2. The van der Waals surface area contributed by atoms with E-state index in [0.29, 0.717) is 12.1 Å². The van der Waals surface area contributed by atoms with E-state index in [9.17, 15) is 4.79 Å². The van der Waals surface area contributed by atoms with Crippen LogP contribution >= 0.6 is 28.3 Å². The third-order valence-corrected chi connectivity index (χ3v) is 4.40. The highest BCUT2D eigenvalue weighted by atomic mass is 79.9. The van der Waals surface area contributed by atoms with Crippen molar-refractivity contribution in [3.8, 4) is 5.75 Å². The molecule has 2 rings (SSSR count). The van der Waals surface area contributed by atoms with E-state index in [2.05, 4.69) is 33.5 Å². The van der Waals surface area contributed by atoms with Gasteiger partial charge in [0.25, 0.3) is 5.91 Å². The van der Waals surface area contributed by atoms with Gasteiger partial charge in [-0.1, -0.05) is 6.92 Å². The molecule has 118 valence electrons. The van der Waals surface area contributed by atoms with Crippen molar-refractivity contribution in [2.75, 3.05) is 26.7 Å². The molecule has 4 nitrogen and oxygen atoms in total. The molecule has 1 atom stereocenters. The predicted octanol–water partition coefficient (Wildman–Crippen LogP) is 3.00. The highest BCUT2D eigenvalue weighted by Crippen LogP contribution is 2.26. The fraction of sp³-hybridized carbons (Fsp3) is 0.533. The zero-order valence-corrected chi connectivity index (χ0v) is 14.8. The highest BCUT2D eigenvalue weighted by molar-refractivity contribution is 9.10. The van der Waals surface area contributed by atoms with Crippen molar-refractivity contribution < 1.29 is 9.53 Å². The zero-order valence-electron chi connectivity index (χ0n) is 12.4. The third-order valence-electron chi connectivity index (χ3n) is 3.78. The molecule has 0 radical (unpaired) electrons. The first-order valence-electron chi connectivity index (χ1n) is 6.86. The molecule has 0 bridgehead atoms. The third kappa shape index (κ3) is 4.87. The smallest absolute Gasteiger partial charge is 0.251 e. The molecule has 1 aliphatic rings. The number of benzene rings is 1. The van der Waals surface area contributed by atoms with Crippen molar-refractivity contribution in [3.63, 3.8) is 0 Å². The quantitative estimate of drug-likeness (QED) is 0.848. The molecule has 1 unspecified atom stereocenters. The van der Waals surface area contributed by atoms with Crippen LogP contribution in [-0.2, 0) is 0 Å². The van der Waals surface area contributed by atoms with Crippen molar-refractivity contribution in [2.24, 2.45) is 5.41 Å². The lowest BCUT2D eigenvalue weighted by Gasteiger charge is -2.34. The second-order valence-corrected chi connectivity index (χ2v) is 6.48. The SMILES string of the molecule is COc1ccc(C(=O)NCC2(C)CCCNC2)cc1Br.Cl. The second-order valence-electron chi connectivity index (χ2n) is 5.62. The minimum Gasteiger partial charge on any atom is -0.496 e. The molecule has 0 aliphatic carbocycles. The van der Waals surface area contributed by atoms with E-state index >= 15 is 0 Å². The van der Waals surface area contributed by atoms with Gasteiger partial charge in [-0.2, -0.15) is 0 Å². The van der Waals surface area contributed by atoms with Crippen molar-refractivity contribution in [3.05, 3.63) is 28.2 Å². The Kier molecular flexibility index (Phi) is 6.97. The average molecular weight is 378 g/mol. The molecule has 0 saturated carbocycles. The molecule has 1 heterocycles. The van der Waals surface area contributed by atoms with Crippen LogP contribution in [0.5, 0.6) is 5.75 Å². The first kappa shape index (κ1) is 18.3. The highest BCUT2D eigenvalue weighted by Gasteiger charge is 2.27. The van der Waals surface area contributed by atoms with Crippen LogP contribution in [0.4, 0.5) is 0 Å². The molecule has 0 spiro atoms. The molecule has 1 amide bonds. The van der Waals surface area contributed by atoms with E-state index in [0.717, 1.165) is 29.7 Å². The van der Waals surface area contributed by atoms with E-state index in [1.54, 1.807) is 25.3 Å².